The molecule has 5 nitrogen and oxygen atoms in total. The lowest BCUT2D eigenvalue weighted by Crippen LogP contribution is -2.47. The van der Waals surface area contributed by atoms with Crippen LogP contribution in [0.25, 0.3) is 0 Å². The van der Waals surface area contributed by atoms with Crippen LogP contribution in [0.3, 0.4) is 0 Å². The number of aromatic nitrogens is 3. The lowest BCUT2D eigenvalue weighted by molar-refractivity contribution is 0.638. The molecule has 0 atom stereocenters. The van der Waals surface area contributed by atoms with Crippen LogP contribution in [-0.2, 0) is 6.42 Å². The fourth-order valence-electron chi connectivity index (χ4n) is 2.65. The molecule has 2 aromatic rings. The predicted octanol–water partition coefficient (Wildman–Crippen LogP) is 2.41. The zero-order chi connectivity index (χ0) is 14.7. The summed E-state index contributed by atoms with van der Waals surface area (Å²) in [5, 5.41) is 0.564. The van der Waals surface area contributed by atoms with Crippen LogP contribution in [0.1, 0.15) is 12.5 Å². The SMILES string of the molecule is CCc1c(Cl)ncnc1N1CCN(c2ccccn2)CC1. The monoisotopic (exact) mass is 303 g/mol. The topological polar surface area (TPSA) is 45.2 Å². The van der Waals surface area contributed by atoms with Gasteiger partial charge in [0.15, 0.2) is 0 Å². The second-order valence-corrected chi connectivity index (χ2v) is 5.34. The van der Waals surface area contributed by atoms with Crippen molar-refractivity contribution in [2.75, 3.05) is 36.0 Å². The molecule has 0 spiro atoms. The minimum absolute atomic E-state index is 0.564. The molecule has 0 amide bonds. The van der Waals surface area contributed by atoms with Crippen LogP contribution >= 0.6 is 11.6 Å². The Morgan fingerprint density at radius 3 is 2.48 bits per heavy atom. The first-order chi connectivity index (χ1) is 10.3. The number of pyridine rings is 1. The molecule has 0 aliphatic carbocycles. The Hall–Kier alpha value is -1.88. The Kier molecular flexibility index (Phi) is 4.20. The highest BCUT2D eigenvalue weighted by Crippen LogP contribution is 2.25. The van der Waals surface area contributed by atoms with E-state index in [4.69, 9.17) is 11.6 Å². The van der Waals surface area contributed by atoms with Gasteiger partial charge < -0.3 is 9.80 Å². The number of hydrogen-bond acceptors (Lipinski definition) is 5. The molecule has 1 saturated heterocycles. The summed E-state index contributed by atoms with van der Waals surface area (Å²) in [5.74, 6) is 2.01. The Morgan fingerprint density at radius 2 is 1.81 bits per heavy atom. The molecule has 3 rings (SSSR count). The highest BCUT2D eigenvalue weighted by atomic mass is 35.5. The van der Waals surface area contributed by atoms with E-state index in [1.54, 1.807) is 6.33 Å². The summed E-state index contributed by atoms with van der Waals surface area (Å²) in [5.41, 5.74) is 1.03. The lowest BCUT2D eigenvalue weighted by atomic mass is 10.2. The van der Waals surface area contributed by atoms with Gasteiger partial charge in [-0.3, -0.25) is 0 Å². The molecule has 0 aromatic carbocycles. The molecule has 1 aliphatic heterocycles. The average Bonchev–Trinajstić information content (AvgIpc) is 2.55. The minimum Gasteiger partial charge on any atom is -0.353 e. The number of rotatable bonds is 3. The molecular weight excluding hydrogens is 286 g/mol. The lowest BCUT2D eigenvalue weighted by Gasteiger charge is -2.36. The molecule has 1 fully saturated rings. The van der Waals surface area contributed by atoms with Crippen LogP contribution in [0.15, 0.2) is 30.7 Å². The van der Waals surface area contributed by atoms with Crippen molar-refractivity contribution in [2.24, 2.45) is 0 Å². The first-order valence-corrected chi connectivity index (χ1v) is 7.57. The second-order valence-electron chi connectivity index (χ2n) is 4.98. The highest BCUT2D eigenvalue weighted by molar-refractivity contribution is 6.30. The molecule has 110 valence electrons. The number of hydrogen-bond donors (Lipinski definition) is 0. The summed E-state index contributed by atoms with van der Waals surface area (Å²) < 4.78 is 0. The van der Waals surface area contributed by atoms with E-state index in [-0.39, 0.29) is 0 Å². The largest absolute Gasteiger partial charge is 0.353 e. The van der Waals surface area contributed by atoms with Crippen molar-refractivity contribution in [2.45, 2.75) is 13.3 Å². The van der Waals surface area contributed by atoms with Gasteiger partial charge in [0.25, 0.3) is 0 Å². The van der Waals surface area contributed by atoms with Crippen LogP contribution in [0.5, 0.6) is 0 Å². The van der Waals surface area contributed by atoms with E-state index >= 15 is 0 Å². The summed E-state index contributed by atoms with van der Waals surface area (Å²) in [6.07, 6.45) is 4.22. The fourth-order valence-corrected chi connectivity index (χ4v) is 2.91. The van der Waals surface area contributed by atoms with Gasteiger partial charge in [0.2, 0.25) is 0 Å². The first-order valence-electron chi connectivity index (χ1n) is 7.20. The van der Waals surface area contributed by atoms with Crippen molar-refractivity contribution < 1.29 is 0 Å². The summed E-state index contributed by atoms with van der Waals surface area (Å²) in [4.78, 5) is 17.5. The molecule has 0 saturated carbocycles. The number of anilines is 2. The number of nitrogens with zero attached hydrogens (tertiary/aromatic N) is 5. The van der Waals surface area contributed by atoms with Crippen LogP contribution in [0, 0.1) is 0 Å². The van der Waals surface area contributed by atoms with Gasteiger partial charge in [-0.05, 0) is 18.6 Å². The maximum atomic E-state index is 6.18. The molecule has 0 radical (unpaired) electrons. The van der Waals surface area contributed by atoms with E-state index in [0.29, 0.717) is 5.15 Å². The van der Waals surface area contributed by atoms with Gasteiger partial charge in [-0.15, -0.1) is 0 Å². The quantitative estimate of drug-likeness (QED) is 0.815. The van der Waals surface area contributed by atoms with Gasteiger partial charge in [-0.2, -0.15) is 0 Å². The van der Waals surface area contributed by atoms with Crippen molar-refractivity contribution in [1.82, 2.24) is 15.0 Å². The standard InChI is InChI=1S/C15H18ClN5/c1-2-12-14(16)18-11-19-15(12)21-9-7-20(8-10-21)13-5-3-4-6-17-13/h3-6,11H,2,7-10H2,1H3. The second kappa shape index (κ2) is 6.26. The van der Waals surface area contributed by atoms with Crippen LogP contribution in [0.4, 0.5) is 11.6 Å². The van der Waals surface area contributed by atoms with Crippen molar-refractivity contribution in [3.63, 3.8) is 0 Å². The van der Waals surface area contributed by atoms with Gasteiger partial charge in [0.05, 0.1) is 0 Å². The van der Waals surface area contributed by atoms with E-state index in [1.807, 2.05) is 18.3 Å². The van der Waals surface area contributed by atoms with Gasteiger partial charge in [-0.1, -0.05) is 24.6 Å². The normalized spacial score (nSPS) is 15.3. The van der Waals surface area contributed by atoms with E-state index in [9.17, 15) is 0 Å². The molecule has 0 N–H and O–H groups in total. The van der Waals surface area contributed by atoms with Crippen molar-refractivity contribution in [1.29, 1.82) is 0 Å². The van der Waals surface area contributed by atoms with Crippen molar-refractivity contribution >= 4 is 23.2 Å². The van der Waals surface area contributed by atoms with Crippen molar-refractivity contribution in [3.8, 4) is 0 Å². The van der Waals surface area contributed by atoms with Gasteiger partial charge in [-0.25, -0.2) is 15.0 Å². The maximum absolute atomic E-state index is 6.18. The molecule has 21 heavy (non-hydrogen) atoms. The molecule has 6 heteroatoms. The van der Waals surface area contributed by atoms with Crippen LogP contribution < -0.4 is 9.80 Å². The molecule has 0 unspecified atom stereocenters. The molecular formula is C15H18ClN5. The van der Waals surface area contributed by atoms with Gasteiger partial charge in [0, 0.05) is 37.9 Å². The minimum atomic E-state index is 0.564. The first kappa shape index (κ1) is 14.1. The third-order valence-electron chi connectivity index (χ3n) is 3.78. The Morgan fingerprint density at radius 1 is 1.05 bits per heavy atom. The van der Waals surface area contributed by atoms with Gasteiger partial charge in [0.1, 0.15) is 23.1 Å². The van der Waals surface area contributed by atoms with Crippen LogP contribution in [0.2, 0.25) is 5.15 Å². The summed E-state index contributed by atoms with van der Waals surface area (Å²) >= 11 is 6.18. The van der Waals surface area contributed by atoms with E-state index < -0.39 is 0 Å². The smallest absolute Gasteiger partial charge is 0.137 e. The average molecular weight is 304 g/mol. The van der Waals surface area contributed by atoms with Crippen molar-refractivity contribution in [3.05, 3.63) is 41.4 Å². The fraction of sp³-hybridized carbons (Fsp3) is 0.400. The Bertz CT molecular complexity index is 596. The summed E-state index contributed by atoms with van der Waals surface area (Å²) in [7, 11) is 0. The summed E-state index contributed by atoms with van der Waals surface area (Å²) in [6.45, 7) is 5.77. The molecule has 1 aliphatic rings. The van der Waals surface area contributed by atoms with E-state index in [0.717, 1.165) is 49.8 Å². The van der Waals surface area contributed by atoms with E-state index in [1.165, 1.54) is 0 Å². The number of halogens is 1. The molecule has 0 bridgehead atoms. The third kappa shape index (κ3) is 2.93. The van der Waals surface area contributed by atoms with E-state index in [2.05, 4.69) is 37.7 Å². The Balaban J connectivity index is 1.73. The zero-order valence-corrected chi connectivity index (χ0v) is 12.8. The summed E-state index contributed by atoms with van der Waals surface area (Å²) in [6, 6.07) is 6.01. The highest BCUT2D eigenvalue weighted by Gasteiger charge is 2.21. The number of piperazine rings is 1. The zero-order valence-electron chi connectivity index (χ0n) is 12.0. The Labute approximate surface area is 129 Å². The maximum Gasteiger partial charge on any atom is 0.137 e. The van der Waals surface area contributed by atoms with Gasteiger partial charge >= 0.3 is 0 Å². The molecule has 2 aromatic heterocycles. The third-order valence-corrected chi connectivity index (χ3v) is 4.10. The molecule has 3 heterocycles. The van der Waals surface area contributed by atoms with Crippen LogP contribution in [-0.4, -0.2) is 41.1 Å². The predicted molar refractivity (Wildman–Crippen MR) is 85.1 cm³/mol.